The number of benzene rings is 1. The van der Waals surface area contributed by atoms with E-state index < -0.39 is 0 Å². The van der Waals surface area contributed by atoms with Crippen LogP contribution in [0.15, 0.2) is 39.5 Å². The van der Waals surface area contributed by atoms with E-state index in [1.54, 1.807) is 20.2 Å². The third kappa shape index (κ3) is 1.87. The predicted molar refractivity (Wildman–Crippen MR) is 72.0 cm³/mol. The molecule has 3 rings (SSSR count). The van der Waals surface area contributed by atoms with Gasteiger partial charge in [-0.15, -0.1) is 10.2 Å². The highest BCUT2D eigenvalue weighted by Gasteiger charge is 2.08. The minimum Gasteiger partial charge on any atom is -0.408 e. The van der Waals surface area contributed by atoms with Gasteiger partial charge in [0.2, 0.25) is 0 Å². The summed E-state index contributed by atoms with van der Waals surface area (Å²) in [5.41, 5.74) is 2.89. The molecule has 2 heterocycles. The van der Waals surface area contributed by atoms with Gasteiger partial charge in [0.05, 0.1) is 11.2 Å². The van der Waals surface area contributed by atoms with Gasteiger partial charge in [-0.1, -0.05) is 6.07 Å². The molecule has 1 aromatic carbocycles. The van der Waals surface area contributed by atoms with E-state index in [0.717, 1.165) is 16.8 Å². The number of hydrogen-bond donors (Lipinski definition) is 1. The van der Waals surface area contributed by atoms with Crippen LogP contribution < -0.4 is 11.1 Å². The molecule has 3 aromatic rings. The van der Waals surface area contributed by atoms with Crippen LogP contribution >= 0.6 is 0 Å². The smallest absolute Gasteiger partial charge is 0.408 e. The quantitative estimate of drug-likeness (QED) is 0.754. The lowest BCUT2D eigenvalue weighted by Crippen LogP contribution is -2.08. The maximum absolute atomic E-state index is 11.4. The third-order valence-electron chi connectivity index (χ3n) is 3.01. The van der Waals surface area contributed by atoms with Crippen molar-refractivity contribution < 1.29 is 4.42 Å². The first-order valence-corrected chi connectivity index (χ1v) is 5.80. The normalized spacial score (nSPS) is 10.8. The molecule has 0 saturated heterocycles. The van der Waals surface area contributed by atoms with E-state index in [1.165, 1.54) is 4.57 Å². The molecule has 0 aliphatic rings. The lowest BCUT2D eigenvalue weighted by Gasteiger charge is -2.01. The molecule has 0 spiro atoms. The topological polar surface area (TPSA) is 73.0 Å². The lowest BCUT2D eigenvalue weighted by molar-refractivity contribution is 0.528. The second kappa shape index (κ2) is 4.24. The molecular weight excluding hydrogens is 244 g/mol. The van der Waals surface area contributed by atoms with Crippen LogP contribution in [-0.2, 0) is 7.05 Å². The Kier molecular flexibility index (Phi) is 2.56. The summed E-state index contributed by atoms with van der Waals surface area (Å²) in [5.74, 6) is 0.333. The standard InChI is InChI=1S/C13H12N4O2/c1-14-12-6-4-9(15-16-12)8-3-5-10-11(7-8)19-13(18)17(10)2/h3-7H,1-2H3,(H,14,16). The Morgan fingerprint density at radius 3 is 2.74 bits per heavy atom. The number of rotatable bonds is 2. The molecule has 96 valence electrons. The highest BCUT2D eigenvalue weighted by molar-refractivity contribution is 5.79. The predicted octanol–water partition coefficient (Wildman–Crippen LogP) is 1.63. The van der Waals surface area contributed by atoms with Gasteiger partial charge in [-0.2, -0.15) is 0 Å². The minimum absolute atomic E-state index is 0.372. The van der Waals surface area contributed by atoms with Crippen molar-refractivity contribution in [2.75, 3.05) is 12.4 Å². The van der Waals surface area contributed by atoms with Crippen molar-refractivity contribution in [1.29, 1.82) is 0 Å². The number of nitrogens with one attached hydrogen (secondary N) is 1. The van der Waals surface area contributed by atoms with Crippen molar-refractivity contribution in [2.24, 2.45) is 7.05 Å². The summed E-state index contributed by atoms with van der Waals surface area (Å²) < 4.78 is 6.62. The molecular formula is C13H12N4O2. The Morgan fingerprint density at radius 1 is 1.21 bits per heavy atom. The summed E-state index contributed by atoms with van der Waals surface area (Å²) >= 11 is 0. The minimum atomic E-state index is -0.372. The average Bonchev–Trinajstić information content (AvgIpc) is 2.74. The molecule has 2 aromatic heterocycles. The van der Waals surface area contributed by atoms with E-state index in [0.29, 0.717) is 11.4 Å². The SMILES string of the molecule is CNc1ccc(-c2ccc3c(c2)oc(=O)n3C)nn1. The fourth-order valence-electron chi connectivity index (χ4n) is 1.91. The number of anilines is 1. The van der Waals surface area contributed by atoms with E-state index in [4.69, 9.17) is 4.42 Å². The van der Waals surface area contributed by atoms with Gasteiger partial charge in [0.25, 0.3) is 0 Å². The Labute approximate surface area is 108 Å². The van der Waals surface area contributed by atoms with Crippen molar-refractivity contribution in [3.8, 4) is 11.3 Å². The first kappa shape index (κ1) is 11.5. The van der Waals surface area contributed by atoms with Crippen LogP contribution in [-0.4, -0.2) is 21.8 Å². The first-order chi connectivity index (χ1) is 9.19. The van der Waals surface area contributed by atoms with Crippen LogP contribution in [0.1, 0.15) is 0 Å². The average molecular weight is 256 g/mol. The highest BCUT2D eigenvalue weighted by Crippen LogP contribution is 2.22. The van der Waals surface area contributed by atoms with Gasteiger partial charge >= 0.3 is 5.76 Å². The van der Waals surface area contributed by atoms with Crippen molar-refractivity contribution in [1.82, 2.24) is 14.8 Å². The number of nitrogens with zero attached hydrogens (tertiary/aromatic N) is 3. The van der Waals surface area contributed by atoms with Crippen LogP contribution in [0, 0.1) is 0 Å². The van der Waals surface area contributed by atoms with Gasteiger partial charge < -0.3 is 9.73 Å². The van der Waals surface area contributed by atoms with Crippen molar-refractivity contribution in [3.63, 3.8) is 0 Å². The number of aromatic nitrogens is 3. The molecule has 1 N–H and O–H groups in total. The summed E-state index contributed by atoms with van der Waals surface area (Å²) in [4.78, 5) is 11.4. The third-order valence-corrected chi connectivity index (χ3v) is 3.01. The molecule has 0 saturated carbocycles. The number of fused-ring (bicyclic) bond motifs is 1. The maximum Gasteiger partial charge on any atom is 0.419 e. The summed E-state index contributed by atoms with van der Waals surface area (Å²) in [6.07, 6.45) is 0. The molecule has 19 heavy (non-hydrogen) atoms. The van der Waals surface area contributed by atoms with E-state index in [2.05, 4.69) is 15.5 Å². The number of hydrogen-bond acceptors (Lipinski definition) is 5. The van der Waals surface area contributed by atoms with Crippen LogP contribution in [0.2, 0.25) is 0 Å². The zero-order chi connectivity index (χ0) is 13.4. The lowest BCUT2D eigenvalue weighted by atomic mass is 10.1. The molecule has 0 unspecified atom stereocenters. The molecule has 0 fully saturated rings. The zero-order valence-corrected chi connectivity index (χ0v) is 10.5. The molecule has 6 heteroatoms. The van der Waals surface area contributed by atoms with Gasteiger partial charge in [0.15, 0.2) is 5.58 Å². The van der Waals surface area contributed by atoms with Gasteiger partial charge in [-0.3, -0.25) is 4.57 Å². The maximum atomic E-state index is 11.4. The van der Waals surface area contributed by atoms with Crippen molar-refractivity contribution in [3.05, 3.63) is 40.9 Å². The fraction of sp³-hybridized carbons (Fsp3) is 0.154. The molecule has 0 amide bonds. The van der Waals surface area contributed by atoms with Crippen LogP contribution in [0.3, 0.4) is 0 Å². The van der Waals surface area contributed by atoms with E-state index in [-0.39, 0.29) is 5.76 Å². The van der Waals surface area contributed by atoms with Crippen molar-refractivity contribution >= 4 is 16.9 Å². The Bertz CT molecular complexity index is 787. The Hall–Kier alpha value is -2.63. The molecule has 0 aliphatic heterocycles. The van der Waals surface area contributed by atoms with Crippen LogP contribution in [0.25, 0.3) is 22.4 Å². The van der Waals surface area contributed by atoms with E-state index in [9.17, 15) is 4.79 Å². The van der Waals surface area contributed by atoms with Crippen LogP contribution in [0.5, 0.6) is 0 Å². The number of oxazole rings is 1. The molecule has 0 aliphatic carbocycles. The van der Waals surface area contributed by atoms with Gasteiger partial charge in [0, 0.05) is 19.7 Å². The van der Waals surface area contributed by atoms with E-state index in [1.807, 2.05) is 24.3 Å². The summed E-state index contributed by atoms with van der Waals surface area (Å²) in [6, 6.07) is 9.22. The monoisotopic (exact) mass is 256 g/mol. The summed E-state index contributed by atoms with van der Waals surface area (Å²) in [6.45, 7) is 0. The van der Waals surface area contributed by atoms with E-state index >= 15 is 0 Å². The second-order valence-electron chi connectivity index (χ2n) is 4.16. The van der Waals surface area contributed by atoms with Gasteiger partial charge in [0.1, 0.15) is 5.82 Å². The molecule has 0 bridgehead atoms. The van der Waals surface area contributed by atoms with Crippen molar-refractivity contribution in [2.45, 2.75) is 0 Å². The number of aryl methyl sites for hydroxylation is 1. The molecule has 0 atom stereocenters. The van der Waals surface area contributed by atoms with Gasteiger partial charge in [-0.05, 0) is 24.3 Å². The Balaban J connectivity index is 2.11. The zero-order valence-electron chi connectivity index (χ0n) is 10.5. The summed E-state index contributed by atoms with van der Waals surface area (Å²) in [7, 11) is 3.46. The summed E-state index contributed by atoms with van der Waals surface area (Å²) in [5, 5.41) is 11.0. The highest BCUT2D eigenvalue weighted by atomic mass is 16.4. The largest absolute Gasteiger partial charge is 0.419 e. The Morgan fingerprint density at radius 2 is 2.05 bits per heavy atom. The fourth-order valence-corrected chi connectivity index (χ4v) is 1.91. The van der Waals surface area contributed by atoms with Crippen LogP contribution in [0.4, 0.5) is 5.82 Å². The molecule has 0 radical (unpaired) electrons. The first-order valence-electron chi connectivity index (χ1n) is 5.80. The molecule has 6 nitrogen and oxygen atoms in total. The second-order valence-corrected chi connectivity index (χ2v) is 4.16. The van der Waals surface area contributed by atoms with Gasteiger partial charge in [-0.25, -0.2) is 4.79 Å².